The van der Waals surface area contributed by atoms with E-state index in [0.29, 0.717) is 6.04 Å². The molecule has 1 unspecified atom stereocenters. The number of hydrogen-bond donors (Lipinski definition) is 0. The maximum Gasteiger partial charge on any atom is 0.0813 e. The van der Waals surface area contributed by atoms with Gasteiger partial charge in [0.1, 0.15) is 0 Å². The molecule has 1 aliphatic heterocycles. The van der Waals surface area contributed by atoms with Crippen molar-refractivity contribution in [2.24, 2.45) is 0 Å². The summed E-state index contributed by atoms with van der Waals surface area (Å²) in [6.07, 6.45) is 4.36. The summed E-state index contributed by atoms with van der Waals surface area (Å²) in [5.74, 6) is 0. The van der Waals surface area contributed by atoms with Gasteiger partial charge in [0.2, 0.25) is 0 Å². The van der Waals surface area contributed by atoms with Gasteiger partial charge in [-0.1, -0.05) is 54.1 Å². The smallest absolute Gasteiger partial charge is 0.0813 e. The molecule has 1 aliphatic rings. The predicted octanol–water partition coefficient (Wildman–Crippen LogP) is 5.12. The van der Waals surface area contributed by atoms with Gasteiger partial charge < -0.3 is 4.90 Å². The van der Waals surface area contributed by atoms with Crippen LogP contribution in [0, 0.1) is 0 Å². The maximum absolute atomic E-state index is 6.44. The van der Waals surface area contributed by atoms with E-state index in [1.807, 2.05) is 12.1 Å². The molecule has 0 spiro atoms. The number of fused-ring (bicyclic) bond motifs is 1. The molecule has 2 aromatic rings. The molecule has 0 bridgehead atoms. The first kappa shape index (κ1) is 13.3. The molecule has 2 aromatic carbocycles. The summed E-state index contributed by atoms with van der Waals surface area (Å²) in [6.45, 7) is 4.42. The Kier molecular flexibility index (Phi) is 3.54. The molecule has 1 heterocycles. The first-order valence-corrected chi connectivity index (χ1v) is 7.35. The zero-order valence-electron chi connectivity index (χ0n) is 11.8. The van der Waals surface area contributed by atoms with Gasteiger partial charge in [0, 0.05) is 17.3 Å². The second-order valence-electron chi connectivity index (χ2n) is 5.41. The number of benzene rings is 2. The minimum atomic E-state index is 0.185. The Balaban J connectivity index is 2.18. The second kappa shape index (κ2) is 5.34. The second-order valence-corrected chi connectivity index (χ2v) is 5.82. The molecule has 0 fully saturated rings. The highest BCUT2D eigenvalue weighted by molar-refractivity contribution is 6.31. The summed E-state index contributed by atoms with van der Waals surface area (Å²) in [4.78, 5) is 2.36. The van der Waals surface area contributed by atoms with Crippen LogP contribution in [0.25, 0.3) is 6.08 Å². The lowest BCUT2D eigenvalue weighted by molar-refractivity contribution is 0.258. The standard InChI is InChI=1S/C18H18ClN/c1-13(2)20-12-11-14-7-3-4-8-15(14)18(20)16-9-5-6-10-17(16)19/h3-13,18H,1-2H3. The van der Waals surface area contributed by atoms with Gasteiger partial charge in [0.05, 0.1) is 6.04 Å². The molecule has 102 valence electrons. The summed E-state index contributed by atoms with van der Waals surface area (Å²) in [5.41, 5.74) is 3.76. The fourth-order valence-electron chi connectivity index (χ4n) is 2.82. The van der Waals surface area contributed by atoms with Crippen LogP contribution in [0.2, 0.25) is 5.02 Å². The van der Waals surface area contributed by atoms with Gasteiger partial charge in [-0.3, -0.25) is 0 Å². The summed E-state index contributed by atoms with van der Waals surface area (Å²) >= 11 is 6.44. The Morgan fingerprint density at radius 3 is 2.30 bits per heavy atom. The van der Waals surface area contributed by atoms with E-state index >= 15 is 0 Å². The molecular formula is C18H18ClN. The van der Waals surface area contributed by atoms with Crippen molar-refractivity contribution in [2.75, 3.05) is 0 Å². The van der Waals surface area contributed by atoms with Gasteiger partial charge in [-0.2, -0.15) is 0 Å². The molecule has 0 radical (unpaired) electrons. The highest BCUT2D eigenvalue weighted by Crippen LogP contribution is 2.39. The number of rotatable bonds is 2. The van der Waals surface area contributed by atoms with Crippen LogP contribution in [0.3, 0.4) is 0 Å². The molecule has 3 rings (SSSR count). The van der Waals surface area contributed by atoms with Crippen LogP contribution in [-0.2, 0) is 0 Å². The van der Waals surface area contributed by atoms with Crippen molar-refractivity contribution in [1.82, 2.24) is 4.90 Å². The van der Waals surface area contributed by atoms with Crippen LogP contribution in [-0.4, -0.2) is 10.9 Å². The molecule has 0 N–H and O–H groups in total. The largest absolute Gasteiger partial charge is 0.364 e. The predicted molar refractivity (Wildman–Crippen MR) is 85.7 cm³/mol. The molecule has 0 saturated heterocycles. The van der Waals surface area contributed by atoms with Crippen LogP contribution < -0.4 is 0 Å². The zero-order chi connectivity index (χ0) is 14.1. The van der Waals surface area contributed by atoms with Crippen molar-refractivity contribution in [2.45, 2.75) is 25.9 Å². The average Bonchev–Trinajstić information content (AvgIpc) is 2.46. The summed E-state index contributed by atoms with van der Waals surface area (Å²) < 4.78 is 0. The van der Waals surface area contributed by atoms with E-state index in [1.54, 1.807) is 0 Å². The van der Waals surface area contributed by atoms with Crippen molar-refractivity contribution in [3.05, 3.63) is 76.4 Å². The zero-order valence-corrected chi connectivity index (χ0v) is 12.5. The third kappa shape index (κ3) is 2.23. The Morgan fingerprint density at radius 2 is 1.60 bits per heavy atom. The van der Waals surface area contributed by atoms with E-state index in [2.05, 4.69) is 67.4 Å². The van der Waals surface area contributed by atoms with Gasteiger partial charge >= 0.3 is 0 Å². The van der Waals surface area contributed by atoms with Crippen LogP contribution in [0.1, 0.15) is 36.6 Å². The van der Waals surface area contributed by atoms with Crippen LogP contribution in [0.4, 0.5) is 0 Å². The van der Waals surface area contributed by atoms with Gasteiger partial charge in [-0.15, -0.1) is 0 Å². The first-order valence-electron chi connectivity index (χ1n) is 6.97. The van der Waals surface area contributed by atoms with E-state index in [0.717, 1.165) is 5.02 Å². The third-order valence-corrected chi connectivity index (χ3v) is 4.16. The highest BCUT2D eigenvalue weighted by Gasteiger charge is 2.27. The summed E-state index contributed by atoms with van der Waals surface area (Å²) in [5, 5.41) is 0.827. The van der Waals surface area contributed by atoms with E-state index in [-0.39, 0.29) is 6.04 Å². The molecule has 1 nitrogen and oxygen atoms in total. The van der Waals surface area contributed by atoms with E-state index in [1.165, 1.54) is 16.7 Å². The number of halogens is 1. The Morgan fingerprint density at radius 1 is 0.950 bits per heavy atom. The maximum atomic E-state index is 6.44. The molecular weight excluding hydrogens is 266 g/mol. The lowest BCUT2D eigenvalue weighted by Crippen LogP contribution is -2.33. The lowest BCUT2D eigenvalue weighted by Gasteiger charge is -2.38. The van der Waals surface area contributed by atoms with Crippen molar-refractivity contribution < 1.29 is 0 Å². The molecule has 0 aromatic heterocycles. The van der Waals surface area contributed by atoms with Crippen LogP contribution in [0.15, 0.2) is 54.7 Å². The fraction of sp³-hybridized carbons (Fsp3) is 0.222. The fourth-order valence-corrected chi connectivity index (χ4v) is 3.06. The Hall–Kier alpha value is -1.73. The lowest BCUT2D eigenvalue weighted by atomic mass is 9.90. The molecule has 0 saturated carbocycles. The minimum Gasteiger partial charge on any atom is -0.364 e. The molecule has 1 atom stereocenters. The third-order valence-electron chi connectivity index (χ3n) is 3.81. The van der Waals surface area contributed by atoms with E-state index in [9.17, 15) is 0 Å². The van der Waals surface area contributed by atoms with Crippen molar-refractivity contribution in [3.63, 3.8) is 0 Å². The highest BCUT2D eigenvalue weighted by atomic mass is 35.5. The van der Waals surface area contributed by atoms with Crippen molar-refractivity contribution in [3.8, 4) is 0 Å². The van der Waals surface area contributed by atoms with Crippen LogP contribution in [0.5, 0.6) is 0 Å². The number of hydrogen-bond acceptors (Lipinski definition) is 1. The topological polar surface area (TPSA) is 3.24 Å². The monoisotopic (exact) mass is 283 g/mol. The number of nitrogens with zero attached hydrogens (tertiary/aromatic N) is 1. The van der Waals surface area contributed by atoms with Crippen molar-refractivity contribution in [1.29, 1.82) is 0 Å². The van der Waals surface area contributed by atoms with Gasteiger partial charge in [0.25, 0.3) is 0 Å². The molecule has 2 heteroatoms. The van der Waals surface area contributed by atoms with E-state index in [4.69, 9.17) is 11.6 Å². The molecule has 0 amide bonds. The van der Waals surface area contributed by atoms with Crippen molar-refractivity contribution >= 4 is 17.7 Å². The van der Waals surface area contributed by atoms with Gasteiger partial charge in [-0.05, 0) is 42.7 Å². The van der Waals surface area contributed by atoms with E-state index < -0.39 is 0 Å². The molecule has 0 aliphatic carbocycles. The van der Waals surface area contributed by atoms with Gasteiger partial charge in [-0.25, -0.2) is 0 Å². The summed E-state index contributed by atoms with van der Waals surface area (Å²) in [7, 11) is 0. The Labute approximate surface area is 125 Å². The Bertz CT molecular complexity index is 645. The SMILES string of the molecule is CC(C)N1C=Cc2ccccc2C1c1ccccc1Cl. The molecule has 20 heavy (non-hydrogen) atoms. The average molecular weight is 284 g/mol. The summed E-state index contributed by atoms with van der Waals surface area (Å²) in [6, 6.07) is 17.3. The first-order chi connectivity index (χ1) is 9.68. The quantitative estimate of drug-likeness (QED) is 0.739. The normalized spacial score (nSPS) is 17.4. The van der Waals surface area contributed by atoms with Gasteiger partial charge in [0.15, 0.2) is 0 Å². The van der Waals surface area contributed by atoms with Crippen LogP contribution >= 0.6 is 11.6 Å². The minimum absolute atomic E-state index is 0.185.